The van der Waals surface area contributed by atoms with Gasteiger partial charge in [-0.15, -0.1) is 0 Å². The molecule has 1 heteroatoms. The first kappa shape index (κ1) is 7.44. The number of aliphatic hydroxyl groups excluding tert-OH is 1. The first-order valence-electron chi connectivity index (χ1n) is 2.64. The summed E-state index contributed by atoms with van der Waals surface area (Å²) >= 11 is 0. The van der Waals surface area contributed by atoms with Gasteiger partial charge in [0.1, 0.15) is 0 Å². The van der Waals surface area contributed by atoms with Gasteiger partial charge in [-0.3, -0.25) is 0 Å². The van der Waals surface area contributed by atoms with Gasteiger partial charge in [0.05, 0.1) is 6.10 Å². The van der Waals surface area contributed by atoms with Crippen LogP contribution in [0, 0.1) is 0 Å². The monoisotopic (exact) mass is 112 g/mol. The van der Waals surface area contributed by atoms with Crippen LogP contribution in [0.5, 0.6) is 0 Å². The van der Waals surface area contributed by atoms with Gasteiger partial charge in [0.15, 0.2) is 0 Å². The molecule has 0 rings (SSSR count). The summed E-state index contributed by atoms with van der Waals surface area (Å²) in [4.78, 5) is 0. The van der Waals surface area contributed by atoms with E-state index in [0.29, 0.717) is 0 Å². The summed E-state index contributed by atoms with van der Waals surface area (Å²) in [6.07, 6.45) is 3.04. The lowest BCUT2D eigenvalue weighted by Gasteiger charge is -2.00. The third-order valence-corrected chi connectivity index (χ3v) is 0.880. The van der Waals surface area contributed by atoms with Crippen LogP contribution in [0.15, 0.2) is 24.3 Å². The topological polar surface area (TPSA) is 20.2 Å². The molecule has 46 valence electrons. The van der Waals surface area contributed by atoms with Gasteiger partial charge in [-0.05, 0) is 19.4 Å². The van der Waals surface area contributed by atoms with Crippen LogP contribution in [-0.2, 0) is 0 Å². The summed E-state index contributed by atoms with van der Waals surface area (Å²) < 4.78 is 0. The summed E-state index contributed by atoms with van der Waals surface area (Å²) in [6, 6.07) is 0. The molecule has 0 aliphatic rings. The smallest absolute Gasteiger partial charge is 0.0926 e. The van der Waals surface area contributed by atoms with E-state index in [0.717, 1.165) is 5.57 Å². The Morgan fingerprint density at radius 2 is 2.25 bits per heavy atom. The van der Waals surface area contributed by atoms with Gasteiger partial charge in [-0.25, -0.2) is 0 Å². The number of hydrogen-bond acceptors (Lipinski definition) is 1. The standard InChI is InChI=1S/C7H12O/c1-4-5-7(8)6(2)3/h4-5,7-8H,2H2,1,3H3. The van der Waals surface area contributed by atoms with Crippen molar-refractivity contribution < 1.29 is 5.11 Å². The van der Waals surface area contributed by atoms with E-state index in [1.165, 1.54) is 0 Å². The summed E-state index contributed by atoms with van der Waals surface area (Å²) in [6.45, 7) is 7.24. The van der Waals surface area contributed by atoms with Crippen molar-refractivity contribution in [3.63, 3.8) is 0 Å². The highest BCUT2D eigenvalue weighted by Gasteiger charge is 1.94. The normalized spacial score (nSPS) is 14.4. The van der Waals surface area contributed by atoms with Crippen LogP contribution in [-0.4, -0.2) is 11.2 Å². The Balaban J connectivity index is 3.64. The highest BCUT2D eigenvalue weighted by Crippen LogP contribution is 1.97. The Kier molecular flexibility index (Phi) is 3.20. The molecule has 8 heavy (non-hydrogen) atoms. The highest BCUT2D eigenvalue weighted by molar-refractivity contribution is 5.06. The van der Waals surface area contributed by atoms with Gasteiger partial charge >= 0.3 is 0 Å². The van der Waals surface area contributed by atoms with Crippen LogP contribution < -0.4 is 0 Å². The molecule has 0 aromatic heterocycles. The fourth-order valence-corrected chi connectivity index (χ4v) is 0.347. The molecule has 0 aliphatic carbocycles. The summed E-state index contributed by atoms with van der Waals surface area (Å²) in [5.41, 5.74) is 0.781. The maximum absolute atomic E-state index is 8.94. The van der Waals surface area contributed by atoms with E-state index < -0.39 is 6.10 Å². The van der Waals surface area contributed by atoms with Gasteiger partial charge in [0.25, 0.3) is 0 Å². The molecule has 0 heterocycles. The third kappa shape index (κ3) is 2.59. The van der Waals surface area contributed by atoms with Crippen molar-refractivity contribution in [2.75, 3.05) is 0 Å². The number of allylic oxidation sites excluding steroid dienone is 1. The van der Waals surface area contributed by atoms with E-state index in [4.69, 9.17) is 5.11 Å². The SMILES string of the molecule is C=C(C)C(O)C=CC. The quantitative estimate of drug-likeness (QED) is 0.537. The second-order valence-electron chi connectivity index (χ2n) is 1.82. The molecule has 0 saturated heterocycles. The average Bonchev–Trinajstić information content (AvgIpc) is 1.67. The molecule has 1 nitrogen and oxygen atoms in total. The van der Waals surface area contributed by atoms with Crippen molar-refractivity contribution in [2.45, 2.75) is 20.0 Å². The molecule has 1 unspecified atom stereocenters. The second kappa shape index (κ2) is 3.44. The van der Waals surface area contributed by atoms with Crippen molar-refractivity contribution in [3.05, 3.63) is 24.3 Å². The van der Waals surface area contributed by atoms with Crippen molar-refractivity contribution in [2.24, 2.45) is 0 Å². The Labute approximate surface area is 50.3 Å². The van der Waals surface area contributed by atoms with Crippen molar-refractivity contribution in [3.8, 4) is 0 Å². The first-order valence-corrected chi connectivity index (χ1v) is 2.64. The van der Waals surface area contributed by atoms with Crippen LogP contribution in [0.4, 0.5) is 0 Å². The van der Waals surface area contributed by atoms with Gasteiger partial charge in [-0.1, -0.05) is 18.7 Å². The van der Waals surface area contributed by atoms with Crippen LogP contribution in [0.1, 0.15) is 13.8 Å². The molecule has 1 N–H and O–H groups in total. The third-order valence-electron chi connectivity index (χ3n) is 0.880. The van der Waals surface area contributed by atoms with Gasteiger partial charge in [0.2, 0.25) is 0 Å². The van der Waals surface area contributed by atoms with Gasteiger partial charge in [0, 0.05) is 0 Å². The number of hydrogen-bond donors (Lipinski definition) is 1. The van der Waals surface area contributed by atoms with Crippen molar-refractivity contribution in [1.29, 1.82) is 0 Å². The molecular formula is C7H12O. The Morgan fingerprint density at radius 3 is 2.38 bits per heavy atom. The molecule has 1 atom stereocenters. The minimum absolute atomic E-state index is 0.458. The summed E-state index contributed by atoms with van der Waals surface area (Å²) in [5.74, 6) is 0. The molecule has 0 radical (unpaired) electrons. The molecule has 0 amide bonds. The summed E-state index contributed by atoms with van der Waals surface area (Å²) in [7, 11) is 0. The number of rotatable bonds is 2. The predicted molar refractivity (Wildman–Crippen MR) is 35.6 cm³/mol. The summed E-state index contributed by atoms with van der Waals surface area (Å²) in [5, 5.41) is 8.94. The second-order valence-corrected chi connectivity index (χ2v) is 1.82. The fourth-order valence-electron chi connectivity index (χ4n) is 0.347. The average molecular weight is 112 g/mol. The van der Waals surface area contributed by atoms with Gasteiger partial charge < -0.3 is 5.11 Å². The molecule has 0 fully saturated rings. The van der Waals surface area contributed by atoms with Crippen LogP contribution in [0.2, 0.25) is 0 Å². The van der Waals surface area contributed by atoms with Crippen molar-refractivity contribution in [1.82, 2.24) is 0 Å². The zero-order chi connectivity index (χ0) is 6.57. The lowest BCUT2D eigenvalue weighted by atomic mass is 10.2. The maximum Gasteiger partial charge on any atom is 0.0926 e. The molecule has 0 aromatic carbocycles. The van der Waals surface area contributed by atoms with E-state index >= 15 is 0 Å². The van der Waals surface area contributed by atoms with Crippen LogP contribution >= 0.6 is 0 Å². The van der Waals surface area contributed by atoms with E-state index in [2.05, 4.69) is 6.58 Å². The van der Waals surface area contributed by atoms with E-state index in [9.17, 15) is 0 Å². The van der Waals surface area contributed by atoms with E-state index in [1.807, 2.05) is 6.92 Å². The molecular weight excluding hydrogens is 100 g/mol. The molecule has 0 spiro atoms. The van der Waals surface area contributed by atoms with Gasteiger partial charge in [-0.2, -0.15) is 0 Å². The minimum Gasteiger partial charge on any atom is -0.385 e. The molecule has 0 aromatic rings. The largest absolute Gasteiger partial charge is 0.385 e. The van der Waals surface area contributed by atoms with Crippen LogP contribution in [0.3, 0.4) is 0 Å². The molecule has 0 saturated carbocycles. The molecule has 0 aliphatic heterocycles. The zero-order valence-corrected chi connectivity index (χ0v) is 5.39. The lowest BCUT2D eigenvalue weighted by molar-refractivity contribution is 0.259. The predicted octanol–water partition coefficient (Wildman–Crippen LogP) is 1.50. The highest BCUT2D eigenvalue weighted by atomic mass is 16.3. The zero-order valence-electron chi connectivity index (χ0n) is 5.39. The lowest BCUT2D eigenvalue weighted by Crippen LogP contribution is -2.01. The van der Waals surface area contributed by atoms with Crippen molar-refractivity contribution >= 4 is 0 Å². The van der Waals surface area contributed by atoms with Crippen LogP contribution in [0.25, 0.3) is 0 Å². The Hall–Kier alpha value is -0.560. The van der Waals surface area contributed by atoms with E-state index in [-0.39, 0.29) is 0 Å². The number of aliphatic hydroxyl groups is 1. The Morgan fingerprint density at radius 1 is 1.75 bits per heavy atom. The maximum atomic E-state index is 8.94. The minimum atomic E-state index is -0.458. The fraction of sp³-hybridized carbons (Fsp3) is 0.429. The first-order chi connectivity index (χ1) is 3.68. The Bertz CT molecular complexity index is 103. The van der Waals surface area contributed by atoms with E-state index in [1.54, 1.807) is 19.1 Å². The molecule has 0 bridgehead atoms.